The molecule has 2 N–H and O–H groups in total. The summed E-state index contributed by atoms with van der Waals surface area (Å²) in [5, 5.41) is 13.2. The van der Waals surface area contributed by atoms with Crippen LogP contribution in [0.4, 0.5) is 5.82 Å². The Hall–Kier alpha value is -1.79. The number of aliphatic hydroxyl groups excluding tert-OH is 1. The maximum absolute atomic E-state index is 8.94. The fourth-order valence-electron chi connectivity index (χ4n) is 2.76. The average molecular weight is 286 g/mol. The molecule has 20 heavy (non-hydrogen) atoms. The lowest BCUT2D eigenvalue weighted by Crippen LogP contribution is -2.06. The molecular weight excluding hydrogens is 272 g/mol. The minimum atomic E-state index is 0.0862. The number of anilines is 1. The maximum atomic E-state index is 8.94. The van der Waals surface area contributed by atoms with Gasteiger partial charge in [0, 0.05) is 17.6 Å². The molecule has 1 aliphatic carbocycles. The van der Waals surface area contributed by atoms with E-state index in [1.165, 1.54) is 17.7 Å². The standard InChI is InChI=1S/C14H14N4OS/c19-5-4-15-13-12-11(16-7-17-13)9-6-8-2-1-3-10(8)18-14(9)20-12/h6-7,19H,1-5H2,(H,15,16,17). The van der Waals surface area contributed by atoms with Crippen molar-refractivity contribution in [3.05, 3.63) is 23.7 Å². The van der Waals surface area contributed by atoms with Gasteiger partial charge in [-0.2, -0.15) is 0 Å². The lowest BCUT2D eigenvalue weighted by Gasteiger charge is -2.03. The smallest absolute Gasteiger partial charge is 0.147 e. The Bertz CT molecular complexity index is 799. The lowest BCUT2D eigenvalue weighted by molar-refractivity contribution is 0.311. The van der Waals surface area contributed by atoms with E-state index in [0.29, 0.717) is 6.54 Å². The normalized spacial score (nSPS) is 14.1. The first-order valence-electron chi connectivity index (χ1n) is 6.77. The van der Waals surface area contributed by atoms with Gasteiger partial charge in [-0.15, -0.1) is 11.3 Å². The van der Waals surface area contributed by atoms with E-state index in [1.807, 2.05) is 0 Å². The van der Waals surface area contributed by atoms with Gasteiger partial charge in [0.25, 0.3) is 0 Å². The second-order valence-corrected chi connectivity index (χ2v) is 5.95. The Balaban J connectivity index is 1.95. The van der Waals surface area contributed by atoms with Crippen molar-refractivity contribution in [1.82, 2.24) is 15.0 Å². The van der Waals surface area contributed by atoms with Crippen LogP contribution in [0.3, 0.4) is 0 Å². The average Bonchev–Trinajstić information content (AvgIpc) is 3.06. The fourth-order valence-corrected chi connectivity index (χ4v) is 3.86. The molecule has 0 saturated carbocycles. The first-order valence-corrected chi connectivity index (χ1v) is 7.59. The summed E-state index contributed by atoms with van der Waals surface area (Å²) in [6.07, 6.45) is 4.98. The maximum Gasteiger partial charge on any atom is 0.147 e. The molecule has 0 radical (unpaired) electrons. The van der Waals surface area contributed by atoms with E-state index in [9.17, 15) is 0 Å². The second kappa shape index (κ2) is 4.64. The summed E-state index contributed by atoms with van der Waals surface area (Å²) in [6, 6.07) is 2.24. The quantitative estimate of drug-likeness (QED) is 0.772. The second-order valence-electron chi connectivity index (χ2n) is 4.95. The Morgan fingerprint density at radius 3 is 3.15 bits per heavy atom. The van der Waals surface area contributed by atoms with Crippen LogP contribution in [0.15, 0.2) is 12.4 Å². The highest BCUT2D eigenvalue weighted by Gasteiger charge is 2.18. The third-order valence-electron chi connectivity index (χ3n) is 3.68. The number of hydrogen-bond donors (Lipinski definition) is 2. The van der Waals surface area contributed by atoms with E-state index in [-0.39, 0.29) is 6.61 Å². The number of nitrogens with zero attached hydrogens (tertiary/aromatic N) is 3. The van der Waals surface area contributed by atoms with Crippen molar-refractivity contribution in [2.75, 3.05) is 18.5 Å². The Labute approximate surface area is 119 Å². The van der Waals surface area contributed by atoms with Crippen molar-refractivity contribution in [2.45, 2.75) is 19.3 Å². The van der Waals surface area contributed by atoms with Crippen LogP contribution in [0.5, 0.6) is 0 Å². The fraction of sp³-hybridized carbons (Fsp3) is 0.357. The van der Waals surface area contributed by atoms with E-state index in [4.69, 9.17) is 10.1 Å². The molecule has 0 bridgehead atoms. The molecule has 102 valence electrons. The van der Waals surface area contributed by atoms with Crippen molar-refractivity contribution in [2.24, 2.45) is 0 Å². The van der Waals surface area contributed by atoms with Gasteiger partial charge in [0.15, 0.2) is 0 Å². The van der Waals surface area contributed by atoms with Crippen molar-refractivity contribution in [1.29, 1.82) is 0 Å². The van der Waals surface area contributed by atoms with Gasteiger partial charge in [-0.3, -0.25) is 0 Å². The lowest BCUT2D eigenvalue weighted by atomic mass is 10.2. The SMILES string of the molecule is OCCNc1ncnc2c1sc1nc3c(cc12)CCC3. The first-order chi connectivity index (χ1) is 9.86. The van der Waals surface area contributed by atoms with Crippen molar-refractivity contribution in [3.63, 3.8) is 0 Å². The summed E-state index contributed by atoms with van der Waals surface area (Å²) in [4.78, 5) is 14.5. The van der Waals surface area contributed by atoms with Gasteiger partial charge in [0.2, 0.25) is 0 Å². The molecule has 4 rings (SSSR count). The monoisotopic (exact) mass is 286 g/mol. The summed E-state index contributed by atoms with van der Waals surface area (Å²) in [5.41, 5.74) is 3.56. The number of rotatable bonds is 3. The van der Waals surface area contributed by atoms with Gasteiger partial charge in [0.05, 0.1) is 16.8 Å². The Morgan fingerprint density at radius 1 is 1.30 bits per heavy atom. The van der Waals surface area contributed by atoms with Crippen LogP contribution in [-0.2, 0) is 12.8 Å². The van der Waals surface area contributed by atoms with Crippen LogP contribution >= 0.6 is 11.3 Å². The van der Waals surface area contributed by atoms with E-state index in [0.717, 1.165) is 39.1 Å². The van der Waals surface area contributed by atoms with Gasteiger partial charge in [-0.1, -0.05) is 0 Å². The number of pyridine rings is 1. The zero-order chi connectivity index (χ0) is 13.5. The van der Waals surface area contributed by atoms with Gasteiger partial charge >= 0.3 is 0 Å². The molecule has 0 aliphatic heterocycles. The van der Waals surface area contributed by atoms with Gasteiger partial charge in [-0.25, -0.2) is 15.0 Å². The summed E-state index contributed by atoms with van der Waals surface area (Å²) < 4.78 is 1.02. The molecule has 0 amide bonds. The minimum absolute atomic E-state index is 0.0862. The van der Waals surface area contributed by atoms with Crippen molar-refractivity contribution >= 4 is 37.6 Å². The largest absolute Gasteiger partial charge is 0.395 e. The Morgan fingerprint density at radius 2 is 2.25 bits per heavy atom. The van der Waals surface area contributed by atoms with Crippen LogP contribution in [0, 0.1) is 0 Å². The van der Waals surface area contributed by atoms with Crippen LogP contribution in [0.1, 0.15) is 17.7 Å². The number of aliphatic hydroxyl groups is 1. The topological polar surface area (TPSA) is 70.9 Å². The van der Waals surface area contributed by atoms with Gasteiger partial charge in [-0.05, 0) is 30.9 Å². The van der Waals surface area contributed by atoms with Crippen molar-refractivity contribution < 1.29 is 5.11 Å². The third kappa shape index (κ3) is 1.76. The van der Waals surface area contributed by atoms with Gasteiger partial charge < -0.3 is 10.4 Å². The molecule has 5 nitrogen and oxygen atoms in total. The molecule has 0 aromatic carbocycles. The zero-order valence-corrected chi connectivity index (χ0v) is 11.7. The molecule has 0 atom stereocenters. The number of fused-ring (bicyclic) bond motifs is 4. The van der Waals surface area contributed by atoms with E-state index >= 15 is 0 Å². The minimum Gasteiger partial charge on any atom is -0.395 e. The molecule has 1 aliphatic rings. The highest BCUT2D eigenvalue weighted by Crippen LogP contribution is 2.37. The zero-order valence-electron chi connectivity index (χ0n) is 10.9. The number of aromatic nitrogens is 3. The van der Waals surface area contributed by atoms with Crippen LogP contribution in [-0.4, -0.2) is 33.2 Å². The number of hydrogen-bond acceptors (Lipinski definition) is 6. The van der Waals surface area contributed by atoms with Crippen molar-refractivity contribution in [3.8, 4) is 0 Å². The highest BCUT2D eigenvalue weighted by molar-refractivity contribution is 7.25. The van der Waals surface area contributed by atoms with Crippen LogP contribution < -0.4 is 5.32 Å². The summed E-state index contributed by atoms with van der Waals surface area (Å²) in [5.74, 6) is 0.784. The summed E-state index contributed by atoms with van der Waals surface area (Å²) >= 11 is 1.62. The molecule has 6 heteroatoms. The molecule has 0 spiro atoms. The third-order valence-corrected chi connectivity index (χ3v) is 4.77. The van der Waals surface area contributed by atoms with E-state index in [1.54, 1.807) is 17.7 Å². The summed E-state index contributed by atoms with van der Waals surface area (Å²) in [7, 11) is 0. The molecule has 0 unspecified atom stereocenters. The predicted octanol–water partition coefficient (Wildman–Crippen LogP) is 2.13. The molecular formula is C14H14N4OS. The molecule has 3 aromatic rings. The van der Waals surface area contributed by atoms with E-state index in [2.05, 4.69) is 21.4 Å². The summed E-state index contributed by atoms with van der Waals surface area (Å²) in [6.45, 7) is 0.577. The highest BCUT2D eigenvalue weighted by atomic mass is 32.1. The van der Waals surface area contributed by atoms with Crippen LogP contribution in [0.25, 0.3) is 20.4 Å². The Kier molecular flexibility index (Phi) is 2.78. The predicted molar refractivity (Wildman–Crippen MR) is 80.3 cm³/mol. The van der Waals surface area contributed by atoms with Crippen LogP contribution in [0.2, 0.25) is 0 Å². The van der Waals surface area contributed by atoms with Gasteiger partial charge in [0.1, 0.15) is 17.0 Å². The number of aryl methyl sites for hydroxylation is 2. The molecule has 0 fully saturated rings. The number of thiophene rings is 1. The molecule has 3 heterocycles. The molecule has 0 saturated heterocycles. The first kappa shape index (κ1) is 12.0. The molecule has 3 aromatic heterocycles. The number of nitrogens with one attached hydrogen (secondary N) is 1. The van der Waals surface area contributed by atoms with E-state index < -0.39 is 0 Å².